The number of hydrogen-bond acceptors (Lipinski definition) is 3. The van der Waals surface area contributed by atoms with Crippen LogP contribution in [0.15, 0.2) is 22.8 Å². The van der Waals surface area contributed by atoms with Crippen LogP contribution in [0.2, 0.25) is 0 Å². The number of rotatable bonds is 0. The zero-order chi connectivity index (χ0) is 21.9. The quantitative estimate of drug-likeness (QED) is 0.511. The second-order valence-electron chi connectivity index (χ2n) is 12.3. The zero-order valence-corrected chi connectivity index (χ0v) is 20.6. The third-order valence-corrected chi connectivity index (χ3v) is 10.3. The fraction of sp³-hybridized carbons (Fsp3) is 0.857. The van der Waals surface area contributed by atoms with Crippen LogP contribution < -0.4 is 0 Å². The number of ether oxygens (including phenoxy) is 1. The Balaban J connectivity index is 1.44. The molecular formula is C28H45NO2. The molecule has 0 unspecified atom stereocenters. The lowest BCUT2D eigenvalue weighted by Crippen LogP contribution is -2.53. The second kappa shape index (κ2) is 8.29. The van der Waals surface area contributed by atoms with E-state index in [0.29, 0.717) is 23.5 Å². The maximum absolute atomic E-state index is 10.3. The fourth-order valence-electron chi connectivity index (χ4n) is 8.70. The molecule has 0 spiro atoms. The monoisotopic (exact) mass is 427 g/mol. The van der Waals surface area contributed by atoms with Gasteiger partial charge in [0, 0.05) is 12.6 Å². The maximum atomic E-state index is 10.3. The van der Waals surface area contributed by atoms with E-state index in [1.165, 1.54) is 51.5 Å². The molecule has 31 heavy (non-hydrogen) atoms. The molecule has 5 aliphatic rings. The Morgan fingerprint density at radius 2 is 1.97 bits per heavy atom. The fourth-order valence-corrected chi connectivity index (χ4v) is 8.70. The topological polar surface area (TPSA) is 32.7 Å². The molecule has 0 aromatic rings. The molecule has 0 amide bonds. The van der Waals surface area contributed by atoms with Crippen LogP contribution >= 0.6 is 0 Å². The first-order valence-electron chi connectivity index (χ1n) is 13.2. The molecular weight excluding hydrogens is 382 g/mol. The van der Waals surface area contributed by atoms with E-state index in [1.54, 1.807) is 16.7 Å². The summed E-state index contributed by atoms with van der Waals surface area (Å²) in [5, 5.41) is 10.3. The smallest absolute Gasteiger partial charge is 0.0740 e. The van der Waals surface area contributed by atoms with Gasteiger partial charge in [-0.2, -0.15) is 0 Å². The third-order valence-electron chi connectivity index (χ3n) is 10.3. The highest BCUT2D eigenvalue weighted by atomic mass is 16.5. The average molecular weight is 428 g/mol. The molecule has 9 atom stereocenters. The third kappa shape index (κ3) is 3.77. The van der Waals surface area contributed by atoms with Crippen molar-refractivity contribution in [3.63, 3.8) is 0 Å². The van der Waals surface area contributed by atoms with Crippen LogP contribution in [-0.4, -0.2) is 48.5 Å². The highest BCUT2D eigenvalue weighted by Gasteiger charge is 2.53. The molecule has 3 nitrogen and oxygen atoms in total. The van der Waals surface area contributed by atoms with Crippen LogP contribution in [0.3, 0.4) is 0 Å². The van der Waals surface area contributed by atoms with Crippen LogP contribution in [-0.2, 0) is 4.74 Å². The summed E-state index contributed by atoms with van der Waals surface area (Å²) in [5.74, 6) is 3.76. The van der Waals surface area contributed by atoms with Crippen LogP contribution in [0.1, 0.15) is 79.1 Å². The summed E-state index contributed by atoms with van der Waals surface area (Å²) in [7, 11) is 2.33. The standard InChI is InChI=1S/C28H45NO2/c1-17-12-26-27(29(5)15-17)18(2)6-8-22-23-9-7-20-13-21(30)10-11-28(20,4)25(23)14-24(22)19(3)16-31-26/h13,17-18,21-23,25-27,30H,6-12,14-16H2,1-5H3/b24-19-/t17-,18-,21-,22-,23-,25-,26+,27-,28-/m0/s1. The number of aliphatic hydroxyl groups is 1. The lowest BCUT2D eigenvalue weighted by Gasteiger charge is -2.49. The predicted molar refractivity (Wildman–Crippen MR) is 127 cm³/mol. The zero-order valence-electron chi connectivity index (χ0n) is 20.6. The van der Waals surface area contributed by atoms with Crippen molar-refractivity contribution in [2.45, 2.75) is 97.3 Å². The summed E-state index contributed by atoms with van der Waals surface area (Å²) < 4.78 is 6.71. The molecule has 0 radical (unpaired) electrons. The molecule has 5 rings (SSSR count). The number of nitrogens with zero attached hydrogens (tertiary/aromatic N) is 1. The van der Waals surface area contributed by atoms with Gasteiger partial charge in [0.15, 0.2) is 0 Å². The van der Waals surface area contributed by atoms with Gasteiger partial charge in [-0.05, 0) is 106 Å². The maximum Gasteiger partial charge on any atom is 0.0740 e. The van der Waals surface area contributed by atoms with E-state index < -0.39 is 0 Å². The van der Waals surface area contributed by atoms with Crippen LogP contribution in [0.25, 0.3) is 0 Å². The van der Waals surface area contributed by atoms with Gasteiger partial charge in [0.25, 0.3) is 0 Å². The number of piperidine rings is 1. The highest BCUT2D eigenvalue weighted by Crippen LogP contribution is 2.62. The lowest BCUT2D eigenvalue weighted by atomic mass is 9.56. The molecule has 1 N–H and O–H groups in total. The van der Waals surface area contributed by atoms with Gasteiger partial charge in [0.1, 0.15) is 0 Å². The minimum absolute atomic E-state index is 0.209. The number of likely N-dealkylation sites (tertiary alicyclic amines) is 1. The second-order valence-corrected chi connectivity index (χ2v) is 12.3. The molecule has 0 aromatic heterocycles. The molecule has 1 saturated heterocycles. The summed E-state index contributed by atoms with van der Waals surface area (Å²) in [4.78, 5) is 2.61. The van der Waals surface area contributed by atoms with Crippen molar-refractivity contribution in [1.29, 1.82) is 0 Å². The Kier molecular flexibility index (Phi) is 5.93. The van der Waals surface area contributed by atoms with Crippen LogP contribution in [0.4, 0.5) is 0 Å². The van der Waals surface area contributed by atoms with E-state index in [9.17, 15) is 5.11 Å². The average Bonchev–Trinajstić information content (AvgIpc) is 3.10. The first kappa shape index (κ1) is 22.2. The number of fused-ring (bicyclic) bond motifs is 6. The Morgan fingerprint density at radius 3 is 2.77 bits per heavy atom. The lowest BCUT2D eigenvalue weighted by molar-refractivity contribution is -0.0631. The molecule has 3 fully saturated rings. The van der Waals surface area contributed by atoms with E-state index in [2.05, 4.69) is 45.7 Å². The van der Waals surface area contributed by atoms with Crippen molar-refractivity contribution in [1.82, 2.24) is 4.90 Å². The van der Waals surface area contributed by atoms with Crippen molar-refractivity contribution in [2.75, 3.05) is 20.2 Å². The Morgan fingerprint density at radius 1 is 1.16 bits per heavy atom. The Hall–Kier alpha value is -0.640. The summed E-state index contributed by atoms with van der Waals surface area (Å²) in [6.07, 6.45) is 12.2. The minimum atomic E-state index is -0.209. The first-order chi connectivity index (χ1) is 14.8. The van der Waals surface area contributed by atoms with E-state index in [4.69, 9.17) is 4.74 Å². The van der Waals surface area contributed by atoms with Gasteiger partial charge >= 0.3 is 0 Å². The van der Waals surface area contributed by atoms with Gasteiger partial charge in [0.05, 0.1) is 18.8 Å². The molecule has 3 heteroatoms. The summed E-state index contributed by atoms with van der Waals surface area (Å²) in [6, 6.07) is 0.570. The summed E-state index contributed by atoms with van der Waals surface area (Å²) >= 11 is 0. The van der Waals surface area contributed by atoms with Gasteiger partial charge in [-0.3, -0.25) is 0 Å². The van der Waals surface area contributed by atoms with Crippen molar-refractivity contribution in [3.8, 4) is 0 Å². The van der Waals surface area contributed by atoms with E-state index in [0.717, 1.165) is 36.7 Å². The van der Waals surface area contributed by atoms with Crippen molar-refractivity contribution >= 4 is 0 Å². The first-order valence-corrected chi connectivity index (χ1v) is 13.2. The van der Waals surface area contributed by atoms with E-state index >= 15 is 0 Å². The number of likely N-dealkylation sites (N-methyl/N-ethyl adjacent to an activating group) is 1. The summed E-state index contributed by atoms with van der Waals surface area (Å²) in [5.41, 5.74) is 5.17. The highest BCUT2D eigenvalue weighted by molar-refractivity contribution is 5.32. The molecule has 2 aliphatic heterocycles. The molecule has 2 saturated carbocycles. The Bertz CT molecular complexity index is 756. The van der Waals surface area contributed by atoms with E-state index in [-0.39, 0.29) is 6.10 Å². The number of hydrogen-bond donors (Lipinski definition) is 1. The molecule has 174 valence electrons. The van der Waals surface area contributed by atoms with Crippen molar-refractivity contribution in [2.24, 2.45) is 35.0 Å². The van der Waals surface area contributed by atoms with Gasteiger partial charge in [0.2, 0.25) is 0 Å². The van der Waals surface area contributed by atoms with Crippen LogP contribution in [0, 0.1) is 35.0 Å². The minimum Gasteiger partial charge on any atom is -0.389 e. The molecule has 0 bridgehead atoms. The van der Waals surface area contributed by atoms with Crippen LogP contribution in [0.5, 0.6) is 0 Å². The summed E-state index contributed by atoms with van der Waals surface area (Å²) in [6.45, 7) is 11.8. The predicted octanol–water partition coefficient (Wildman–Crippen LogP) is 5.59. The van der Waals surface area contributed by atoms with Crippen molar-refractivity contribution in [3.05, 3.63) is 22.8 Å². The molecule has 0 aromatic carbocycles. The van der Waals surface area contributed by atoms with Gasteiger partial charge in [-0.15, -0.1) is 0 Å². The molecule has 2 heterocycles. The number of allylic oxidation sites excluding steroid dienone is 2. The van der Waals surface area contributed by atoms with Crippen molar-refractivity contribution < 1.29 is 9.84 Å². The largest absolute Gasteiger partial charge is 0.389 e. The van der Waals surface area contributed by atoms with Gasteiger partial charge in [-0.25, -0.2) is 0 Å². The number of aliphatic hydroxyl groups excluding tert-OH is 1. The molecule has 3 aliphatic carbocycles. The SMILES string of the molecule is C/C1=C2\C[C@H]3[C@@H](CCC4=C[C@@H](O)CC[C@@]43C)[C@@H]2CC[C@H](C)[C@H]2[C@@H](C[C@H](C)CN2C)OC1. The van der Waals surface area contributed by atoms with Gasteiger partial charge in [-0.1, -0.05) is 38.0 Å². The van der Waals surface area contributed by atoms with E-state index in [1.807, 2.05) is 0 Å². The Labute approximate surface area is 190 Å². The van der Waals surface area contributed by atoms with Gasteiger partial charge < -0.3 is 14.7 Å². The normalized spacial score (nSPS) is 51.2.